The molecule has 0 aliphatic rings. The first-order valence-corrected chi connectivity index (χ1v) is 6.60. The Labute approximate surface area is 99.9 Å². The second-order valence-electron chi connectivity index (χ2n) is 4.35. The van der Waals surface area contributed by atoms with E-state index < -0.39 is 0 Å². The number of hydrogen-bond donors (Lipinski definition) is 0. The Bertz CT molecular complexity index is 131. The van der Waals surface area contributed by atoms with Crippen LogP contribution in [0.4, 0.5) is 0 Å². The lowest BCUT2D eigenvalue weighted by molar-refractivity contribution is 0.0865. The third kappa shape index (κ3) is 10.5. The molecule has 0 aromatic heterocycles. The van der Waals surface area contributed by atoms with Crippen LogP contribution in [0.2, 0.25) is 0 Å². The number of hydrogen-bond acceptors (Lipinski definition) is 2. The first kappa shape index (κ1) is 15.2. The number of unbranched alkanes of at least 4 members (excludes halogenated alkanes) is 1. The van der Waals surface area contributed by atoms with Crippen LogP contribution in [0.5, 0.6) is 0 Å². The molecule has 0 spiro atoms. The van der Waals surface area contributed by atoms with Gasteiger partial charge in [0.2, 0.25) is 0 Å². The highest BCUT2D eigenvalue weighted by Crippen LogP contribution is 1.97. The van der Waals surface area contributed by atoms with Crippen LogP contribution in [0, 0.1) is 5.92 Å². The van der Waals surface area contributed by atoms with Crippen LogP contribution in [0.3, 0.4) is 0 Å². The Kier molecular flexibility index (Phi) is 10.9. The van der Waals surface area contributed by atoms with Gasteiger partial charge in [-0.1, -0.05) is 27.2 Å². The van der Waals surface area contributed by atoms with Crippen LogP contribution in [0.1, 0.15) is 33.6 Å². The molecule has 0 N–H and O–H groups in total. The van der Waals surface area contributed by atoms with Crippen LogP contribution in [0.15, 0.2) is 0 Å². The average Bonchev–Trinajstić information content (AvgIpc) is 2.20. The predicted molar refractivity (Wildman–Crippen MR) is 67.7 cm³/mol. The van der Waals surface area contributed by atoms with Crippen molar-refractivity contribution in [2.75, 3.05) is 38.7 Å². The summed E-state index contributed by atoms with van der Waals surface area (Å²) in [4.78, 5) is 2.39. The Hall–Kier alpha value is 0.210. The Morgan fingerprint density at radius 3 is 2.47 bits per heavy atom. The van der Waals surface area contributed by atoms with E-state index in [2.05, 4.69) is 25.7 Å². The van der Waals surface area contributed by atoms with E-state index in [4.69, 9.17) is 16.3 Å². The molecule has 15 heavy (non-hydrogen) atoms. The molecule has 0 bridgehead atoms. The Morgan fingerprint density at radius 2 is 1.93 bits per heavy atom. The molecular weight excluding hydrogens is 210 g/mol. The van der Waals surface area contributed by atoms with E-state index >= 15 is 0 Å². The van der Waals surface area contributed by atoms with Crippen LogP contribution in [-0.2, 0) is 4.74 Å². The summed E-state index contributed by atoms with van der Waals surface area (Å²) in [6.45, 7) is 11.4. The molecule has 0 heterocycles. The summed E-state index contributed by atoms with van der Waals surface area (Å²) in [6, 6.07) is 0. The summed E-state index contributed by atoms with van der Waals surface area (Å²) in [5, 5.41) is 0. The smallest absolute Gasteiger partial charge is 0.0593 e. The molecule has 0 atom stereocenters. The van der Waals surface area contributed by atoms with Gasteiger partial charge in [0, 0.05) is 25.6 Å². The maximum Gasteiger partial charge on any atom is 0.0593 e. The molecule has 0 unspecified atom stereocenters. The summed E-state index contributed by atoms with van der Waals surface area (Å²) >= 11 is 5.76. The molecule has 0 aromatic carbocycles. The van der Waals surface area contributed by atoms with Crippen molar-refractivity contribution in [1.82, 2.24) is 4.90 Å². The number of alkyl halides is 1. The van der Waals surface area contributed by atoms with E-state index in [-0.39, 0.29) is 0 Å². The van der Waals surface area contributed by atoms with Crippen LogP contribution in [-0.4, -0.2) is 43.6 Å². The molecule has 0 fully saturated rings. The second-order valence-corrected chi connectivity index (χ2v) is 4.73. The zero-order valence-electron chi connectivity index (χ0n) is 10.5. The predicted octanol–water partition coefficient (Wildman–Crippen LogP) is 3.00. The van der Waals surface area contributed by atoms with Crippen molar-refractivity contribution >= 4 is 11.6 Å². The maximum absolute atomic E-state index is 5.76. The van der Waals surface area contributed by atoms with Gasteiger partial charge >= 0.3 is 0 Å². The van der Waals surface area contributed by atoms with E-state index in [0.29, 0.717) is 11.8 Å². The minimum atomic E-state index is 0.627. The van der Waals surface area contributed by atoms with Gasteiger partial charge in [-0.05, 0) is 18.9 Å². The number of nitrogens with zero attached hydrogens (tertiary/aromatic N) is 1. The molecule has 2 nitrogen and oxygen atoms in total. The summed E-state index contributed by atoms with van der Waals surface area (Å²) in [5.41, 5.74) is 0. The summed E-state index contributed by atoms with van der Waals surface area (Å²) in [5.74, 6) is 1.34. The van der Waals surface area contributed by atoms with Gasteiger partial charge in [0.1, 0.15) is 0 Å². The van der Waals surface area contributed by atoms with Gasteiger partial charge in [-0.3, -0.25) is 4.90 Å². The Morgan fingerprint density at radius 1 is 1.20 bits per heavy atom. The van der Waals surface area contributed by atoms with E-state index in [9.17, 15) is 0 Å². The number of ether oxygens (including phenoxy) is 1. The highest BCUT2D eigenvalue weighted by Gasteiger charge is 2.03. The third-order valence-corrected chi connectivity index (χ3v) is 2.40. The molecule has 0 rings (SSSR count). The van der Waals surface area contributed by atoms with Crippen molar-refractivity contribution in [3.63, 3.8) is 0 Å². The topological polar surface area (TPSA) is 12.5 Å². The van der Waals surface area contributed by atoms with E-state index in [1.54, 1.807) is 0 Å². The van der Waals surface area contributed by atoms with E-state index in [0.717, 1.165) is 32.8 Å². The average molecular weight is 236 g/mol. The molecule has 3 heteroatoms. The highest BCUT2D eigenvalue weighted by atomic mass is 35.5. The fourth-order valence-corrected chi connectivity index (χ4v) is 1.59. The van der Waals surface area contributed by atoms with Crippen molar-refractivity contribution in [2.45, 2.75) is 33.6 Å². The lowest BCUT2D eigenvalue weighted by Crippen LogP contribution is -2.30. The maximum atomic E-state index is 5.76. The van der Waals surface area contributed by atoms with Gasteiger partial charge in [-0.15, -0.1) is 11.6 Å². The highest BCUT2D eigenvalue weighted by molar-refractivity contribution is 6.18. The lowest BCUT2D eigenvalue weighted by atomic mass is 10.2. The molecular formula is C12H26ClNO. The molecule has 0 aromatic rings. The third-order valence-electron chi connectivity index (χ3n) is 2.23. The van der Waals surface area contributed by atoms with Gasteiger partial charge in [0.05, 0.1) is 6.61 Å². The van der Waals surface area contributed by atoms with Crippen molar-refractivity contribution in [3.05, 3.63) is 0 Å². The number of rotatable bonds is 10. The molecule has 92 valence electrons. The summed E-state index contributed by atoms with van der Waals surface area (Å²) in [6.07, 6.45) is 2.49. The summed E-state index contributed by atoms with van der Waals surface area (Å²) in [7, 11) is 0. The minimum Gasteiger partial charge on any atom is -0.380 e. The fraction of sp³-hybridized carbons (Fsp3) is 1.00. The van der Waals surface area contributed by atoms with Gasteiger partial charge < -0.3 is 4.74 Å². The Balaban J connectivity index is 3.47. The molecule has 0 saturated heterocycles. The normalized spacial score (nSPS) is 11.6. The minimum absolute atomic E-state index is 0.627. The standard InChI is InChI=1S/C12H26ClNO/c1-4-5-7-14(8-6-13)9-10-15-11-12(2)3/h12H,4-11H2,1-3H3. The van der Waals surface area contributed by atoms with Crippen molar-refractivity contribution in [3.8, 4) is 0 Å². The summed E-state index contributed by atoms with van der Waals surface area (Å²) < 4.78 is 5.57. The zero-order valence-corrected chi connectivity index (χ0v) is 11.2. The van der Waals surface area contributed by atoms with Gasteiger partial charge in [0.15, 0.2) is 0 Å². The fourth-order valence-electron chi connectivity index (χ4n) is 1.35. The quantitative estimate of drug-likeness (QED) is 0.426. The largest absolute Gasteiger partial charge is 0.380 e. The van der Waals surface area contributed by atoms with Gasteiger partial charge in [-0.2, -0.15) is 0 Å². The van der Waals surface area contributed by atoms with Gasteiger partial charge in [-0.25, -0.2) is 0 Å². The second kappa shape index (κ2) is 10.7. The molecule has 0 aliphatic carbocycles. The van der Waals surface area contributed by atoms with Crippen LogP contribution < -0.4 is 0 Å². The number of halogens is 1. The first-order valence-electron chi connectivity index (χ1n) is 6.06. The van der Waals surface area contributed by atoms with Crippen molar-refractivity contribution < 1.29 is 4.74 Å². The molecule has 0 amide bonds. The zero-order chi connectivity index (χ0) is 11.5. The first-order chi connectivity index (χ1) is 7.20. The van der Waals surface area contributed by atoms with Gasteiger partial charge in [0.25, 0.3) is 0 Å². The monoisotopic (exact) mass is 235 g/mol. The molecule has 0 radical (unpaired) electrons. The lowest BCUT2D eigenvalue weighted by Gasteiger charge is -2.21. The van der Waals surface area contributed by atoms with Crippen LogP contribution >= 0.6 is 11.6 Å². The van der Waals surface area contributed by atoms with E-state index in [1.165, 1.54) is 12.8 Å². The van der Waals surface area contributed by atoms with Crippen molar-refractivity contribution in [2.24, 2.45) is 5.92 Å². The SMILES string of the molecule is CCCCN(CCCl)CCOCC(C)C. The van der Waals surface area contributed by atoms with E-state index in [1.807, 2.05) is 0 Å². The molecule has 0 saturated carbocycles. The molecule has 0 aliphatic heterocycles. The van der Waals surface area contributed by atoms with Crippen LogP contribution in [0.25, 0.3) is 0 Å². The van der Waals surface area contributed by atoms with Crippen molar-refractivity contribution in [1.29, 1.82) is 0 Å².